The highest BCUT2D eigenvalue weighted by molar-refractivity contribution is 8.13. The minimum Gasteiger partial charge on any atom is -0.467 e. The summed E-state index contributed by atoms with van der Waals surface area (Å²) in [7, 11) is 0. The number of aliphatic imine (C=N–C) groups is 1. The average molecular weight is 314 g/mol. The Morgan fingerprint density at radius 2 is 2.05 bits per heavy atom. The minimum absolute atomic E-state index is 0.631. The molecule has 0 fully saturated rings. The molecule has 0 saturated heterocycles. The normalized spacial score (nSPS) is 11.4. The van der Waals surface area contributed by atoms with Crippen LogP contribution >= 0.6 is 11.8 Å². The summed E-state index contributed by atoms with van der Waals surface area (Å²) in [5.41, 5.74) is 1.26. The van der Waals surface area contributed by atoms with Gasteiger partial charge in [0.2, 0.25) is 0 Å². The standard InChI is InChI=1S/C18H22N2OS/c1-3-12-19-18(22-4-2)20(15-17-11-8-13-21-17)14-16-9-6-5-7-10-16/h3,5-11,13H,1,4,12,14-15H2,2H3. The molecule has 4 heteroatoms. The first-order valence-electron chi connectivity index (χ1n) is 7.43. The van der Waals surface area contributed by atoms with Crippen molar-refractivity contribution >= 4 is 16.9 Å². The number of amidine groups is 1. The molecule has 116 valence electrons. The second kappa shape index (κ2) is 9.15. The zero-order chi connectivity index (χ0) is 15.6. The van der Waals surface area contributed by atoms with E-state index in [0.29, 0.717) is 13.1 Å². The van der Waals surface area contributed by atoms with E-state index < -0.39 is 0 Å². The predicted molar refractivity (Wildman–Crippen MR) is 95.0 cm³/mol. The molecular weight excluding hydrogens is 292 g/mol. The molecule has 22 heavy (non-hydrogen) atoms. The Hall–Kier alpha value is -1.94. The molecule has 1 aromatic heterocycles. The first-order valence-corrected chi connectivity index (χ1v) is 8.41. The third-order valence-corrected chi connectivity index (χ3v) is 3.98. The average Bonchev–Trinajstić information content (AvgIpc) is 3.05. The van der Waals surface area contributed by atoms with Gasteiger partial charge in [-0.25, -0.2) is 0 Å². The van der Waals surface area contributed by atoms with Gasteiger partial charge in [0.15, 0.2) is 5.17 Å². The third kappa shape index (κ3) is 5.11. The molecule has 0 amide bonds. The summed E-state index contributed by atoms with van der Waals surface area (Å²) in [5, 5.41) is 1.03. The van der Waals surface area contributed by atoms with Crippen molar-refractivity contribution in [3.63, 3.8) is 0 Å². The molecule has 0 saturated carbocycles. The molecule has 0 aliphatic carbocycles. The predicted octanol–water partition coefficient (Wildman–Crippen LogP) is 4.58. The molecule has 2 rings (SSSR count). The van der Waals surface area contributed by atoms with Gasteiger partial charge in [0.1, 0.15) is 5.76 Å². The SMILES string of the molecule is C=CCN=C(SCC)N(Cc1ccccc1)Cc1ccco1. The van der Waals surface area contributed by atoms with E-state index in [1.807, 2.05) is 24.3 Å². The van der Waals surface area contributed by atoms with Gasteiger partial charge in [-0.3, -0.25) is 4.99 Å². The summed E-state index contributed by atoms with van der Waals surface area (Å²) >= 11 is 1.75. The summed E-state index contributed by atoms with van der Waals surface area (Å²) in [6, 6.07) is 14.4. The van der Waals surface area contributed by atoms with Gasteiger partial charge in [0, 0.05) is 6.54 Å². The second-order valence-corrected chi connectivity index (χ2v) is 6.00. The maximum absolute atomic E-state index is 5.51. The van der Waals surface area contributed by atoms with Crippen molar-refractivity contribution in [1.82, 2.24) is 4.90 Å². The monoisotopic (exact) mass is 314 g/mol. The fourth-order valence-electron chi connectivity index (χ4n) is 2.09. The smallest absolute Gasteiger partial charge is 0.160 e. The summed E-state index contributed by atoms with van der Waals surface area (Å²) < 4.78 is 5.51. The van der Waals surface area contributed by atoms with Crippen LogP contribution in [-0.4, -0.2) is 22.4 Å². The molecule has 2 aromatic rings. The van der Waals surface area contributed by atoms with Gasteiger partial charge in [0.05, 0.1) is 19.4 Å². The zero-order valence-corrected chi connectivity index (χ0v) is 13.8. The summed E-state index contributed by atoms with van der Waals surface area (Å²) in [6.45, 7) is 8.05. The van der Waals surface area contributed by atoms with Gasteiger partial charge in [-0.2, -0.15) is 0 Å². The number of benzene rings is 1. The summed E-state index contributed by atoms with van der Waals surface area (Å²) in [4.78, 5) is 6.91. The van der Waals surface area contributed by atoms with Gasteiger partial charge >= 0.3 is 0 Å². The lowest BCUT2D eigenvalue weighted by Crippen LogP contribution is -2.28. The van der Waals surface area contributed by atoms with Gasteiger partial charge in [-0.15, -0.1) is 6.58 Å². The number of rotatable bonds is 7. The molecule has 0 spiro atoms. The van der Waals surface area contributed by atoms with Crippen molar-refractivity contribution in [2.24, 2.45) is 4.99 Å². The quantitative estimate of drug-likeness (QED) is 0.425. The lowest BCUT2D eigenvalue weighted by Gasteiger charge is -2.25. The van der Waals surface area contributed by atoms with Gasteiger partial charge in [-0.1, -0.05) is 55.1 Å². The number of hydrogen-bond acceptors (Lipinski definition) is 3. The summed E-state index contributed by atoms with van der Waals surface area (Å²) in [5.74, 6) is 1.93. The molecule has 0 N–H and O–H groups in total. The van der Waals surface area contributed by atoms with Gasteiger partial charge in [0.25, 0.3) is 0 Å². The van der Waals surface area contributed by atoms with Crippen molar-refractivity contribution in [3.05, 3.63) is 72.7 Å². The Labute approximate surface area is 136 Å². The van der Waals surface area contributed by atoms with Gasteiger partial charge in [-0.05, 0) is 23.4 Å². The molecular formula is C18H22N2OS. The van der Waals surface area contributed by atoms with Crippen LogP contribution in [0.4, 0.5) is 0 Å². The van der Waals surface area contributed by atoms with Crippen LogP contribution in [0.2, 0.25) is 0 Å². The first-order chi connectivity index (χ1) is 10.8. The van der Waals surface area contributed by atoms with Crippen LogP contribution in [0.15, 0.2) is 70.8 Å². The lowest BCUT2D eigenvalue weighted by atomic mass is 10.2. The van der Waals surface area contributed by atoms with E-state index in [1.54, 1.807) is 18.0 Å². The molecule has 1 aromatic carbocycles. The van der Waals surface area contributed by atoms with Crippen molar-refractivity contribution in [2.75, 3.05) is 12.3 Å². The van der Waals surface area contributed by atoms with Crippen LogP contribution in [0, 0.1) is 0 Å². The molecule has 0 aliphatic rings. The van der Waals surface area contributed by atoms with E-state index in [2.05, 4.69) is 47.7 Å². The Kier molecular flexibility index (Phi) is 6.84. The van der Waals surface area contributed by atoms with E-state index in [1.165, 1.54) is 5.56 Å². The molecule has 0 aliphatic heterocycles. The highest BCUT2D eigenvalue weighted by Crippen LogP contribution is 2.17. The Morgan fingerprint density at radius 3 is 2.68 bits per heavy atom. The van der Waals surface area contributed by atoms with Crippen molar-refractivity contribution in [2.45, 2.75) is 20.0 Å². The first kappa shape index (κ1) is 16.4. The Bertz CT molecular complexity index is 578. The van der Waals surface area contributed by atoms with Crippen LogP contribution in [-0.2, 0) is 13.1 Å². The maximum atomic E-state index is 5.51. The van der Waals surface area contributed by atoms with E-state index >= 15 is 0 Å². The van der Waals surface area contributed by atoms with E-state index in [0.717, 1.165) is 23.2 Å². The highest BCUT2D eigenvalue weighted by Gasteiger charge is 2.14. The number of nitrogens with zero attached hydrogens (tertiary/aromatic N) is 2. The van der Waals surface area contributed by atoms with Crippen LogP contribution in [0.5, 0.6) is 0 Å². The van der Waals surface area contributed by atoms with Crippen molar-refractivity contribution in [1.29, 1.82) is 0 Å². The molecule has 0 bridgehead atoms. The highest BCUT2D eigenvalue weighted by atomic mass is 32.2. The van der Waals surface area contributed by atoms with Crippen LogP contribution in [0.3, 0.4) is 0 Å². The third-order valence-electron chi connectivity index (χ3n) is 3.04. The van der Waals surface area contributed by atoms with Crippen molar-refractivity contribution < 1.29 is 4.42 Å². The number of thioether (sulfide) groups is 1. The second-order valence-electron chi connectivity index (χ2n) is 4.77. The molecule has 0 atom stereocenters. The zero-order valence-electron chi connectivity index (χ0n) is 12.9. The molecule has 3 nitrogen and oxygen atoms in total. The molecule has 0 radical (unpaired) electrons. The van der Waals surface area contributed by atoms with E-state index in [-0.39, 0.29) is 0 Å². The fraction of sp³-hybridized carbons (Fsp3) is 0.278. The van der Waals surface area contributed by atoms with E-state index in [4.69, 9.17) is 4.42 Å². The Balaban J connectivity index is 2.20. The summed E-state index contributed by atoms with van der Waals surface area (Å²) in [6.07, 6.45) is 3.54. The van der Waals surface area contributed by atoms with Crippen molar-refractivity contribution in [3.8, 4) is 0 Å². The number of hydrogen-bond donors (Lipinski definition) is 0. The fourth-order valence-corrected chi connectivity index (χ4v) is 2.83. The molecule has 0 unspecified atom stereocenters. The topological polar surface area (TPSA) is 28.7 Å². The lowest BCUT2D eigenvalue weighted by molar-refractivity contribution is 0.361. The van der Waals surface area contributed by atoms with Crippen LogP contribution in [0.25, 0.3) is 0 Å². The van der Waals surface area contributed by atoms with Crippen LogP contribution < -0.4 is 0 Å². The molecule has 1 heterocycles. The maximum Gasteiger partial charge on any atom is 0.160 e. The van der Waals surface area contributed by atoms with Gasteiger partial charge < -0.3 is 9.32 Å². The minimum atomic E-state index is 0.631. The van der Waals surface area contributed by atoms with E-state index in [9.17, 15) is 0 Å². The number of furan rings is 1. The van der Waals surface area contributed by atoms with Crippen LogP contribution in [0.1, 0.15) is 18.2 Å². The Morgan fingerprint density at radius 1 is 1.23 bits per heavy atom. The largest absolute Gasteiger partial charge is 0.467 e.